The van der Waals surface area contributed by atoms with Crippen molar-refractivity contribution in [2.45, 2.75) is 6.42 Å². The second-order valence-electron chi connectivity index (χ2n) is 4.15. The van der Waals surface area contributed by atoms with Crippen LogP contribution >= 0.6 is 11.6 Å². The molecule has 0 aliphatic heterocycles. The minimum atomic E-state index is -0.0425. The molecule has 1 aromatic heterocycles. The van der Waals surface area contributed by atoms with Crippen molar-refractivity contribution in [2.24, 2.45) is 0 Å². The maximum Gasteiger partial charge on any atom is 0.179 e. The molecule has 0 atom stereocenters. The first kappa shape index (κ1) is 14.3. The Morgan fingerprint density at radius 3 is 2.50 bits per heavy atom. The first-order valence-corrected chi connectivity index (χ1v) is 6.37. The summed E-state index contributed by atoms with van der Waals surface area (Å²) in [5.74, 6) is 0.826. The highest BCUT2D eigenvalue weighted by atomic mass is 35.5. The number of methoxy groups -OCH3 is 2. The minimum absolute atomic E-state index is 0.0425. The average Bonchev–Trinajstić information content (AvgIpc) is 2.47. The van der Waals surface area contributed by atoms with E-state index in [1.165, 1.54) is 14.2 Å². The number of nitrogens with zero attached hydrogens (tertiary/aromatic N) is 1. The zero-order chi connectivity index (χ0) is 14.5. The van der Waals surface area contributed by atoms with Gasteiger partial charge in [0.25, 0.3) is 0 Å². The molecule has 2 rings (SSSR count). The van der Waals surface area contributed by atoms with Crippen LogP contribution in [0.15, 0.2) is 36.7 Å². The largest absolute Gasteiger partial charge is 0.493 e. The third-order valence-electron chi connectivity index (χ3n) is 2.87. The van der Waals surface area contributed by atoms with E-state index in [0.717, 1.165) is 5.56 Å². The molecule has 0 unspecified atom stereocenters. The Bertz CT molecular complexity index is 614. The van der Waals surface area contributed by atoms with Gasteiger partial charge in [0, 0.05) is 24.4 Å². The number of rotatable bonds is 5. The van der Waals surface area contributed by atoms with Crippen molar-refractivity contribution in [1.29, 1.82) is 0 Å². The Hall–Kier alpha value is -2.07. The smallest absolute Gasteiger partial charge is 0.179 e. The van der Waals surface area contributed by atoms with E-state index in [0.29, 0.717) is 22.1 Å². The van der Waals surface area contributed by atoms with Gasteiger partial charge < -0.3 is 9.47 Å². The number of carbonyl (C=O) groups excluding carboxylic acids is 1. The second kappa shape index (κ2) is 6.39. The van der Waals surface area contributed by atoms with Crippen LogP contribution in [-0.2, 0) is 6.42 Å². The number of aromatic nitrogens is 1. The van der Waals surface area contributed by atoms with Crippen LogP contribution < -0.4 is 9.47 Å². The molecule has 0 spiro atoms. The molecule has 0 saturated heterocycles. The maximum absolute atomic E-state index is 12.3. The van der Waals surface area contributed by atoms with Crippen molar-refractivity contribution in [3.63, 3.8) is 0 Å². The summed E-state index contributed by atoms with van der Waals surface area (Å²) in [5, 5.41) is 0.352. The van der Waals surface area contributed by atoms with Crippen LogP contribution in [0.5, 0.6) is 11.5 Å². The van der Waals surface area contributed by atoms with Crippen LogP contribution in [0.3, 0.4) is 0 Å². The number of pyridine rings is 1. The van der Waals surface area contributed by atoms with Gasteiger partial charge in [-0.3, -0.25) is 9.78 Å². The molecule has 4 nitrogen and oxygen atoms in total. The number of ketones is 1. The number of Topliss-reactive ketones (excluding diaryl/α,β-unsaturated/α-hetero) is 1. The van der Waals surface area contributed by atoms with E-state index < -0.39 is 0 Å². The van der Waals surface area contributed by atoms with E-state index in [9.17, 15) is 4.79 Å². The van der Waals surface area contributed by atoms with Crippen molar-refractivity contribution in [1.82, 2.24) is 4.98 Å². The van der Waals surface area contributed by atoms with Gasteiger partial charge in [0.1, 0.15) is 0 Å². The highest BCUT2D eigenvalue weighted by Crippen LogP contribution is 2.36. The molecular formula is C15H14ClNO3. The van der Waals surface area contributed by atoms with Crippen LogP contribution in [0.4, 0.5) is 0 Å². The summed E-state index contributed by atoms with van der Waals surface area (Å²) in [4.78, 5) is 16.2. The van der Waals surface area contributed by atoms with Crippen LogP contribution in [0.1, 0.15) is 15.9 Å². The zero-order valence-corrected chi connectivity index (χ0v) is 12.0. The minimum Gasteiger partial charge on any atom is -0.493 e. The predicted octanol–water partition coefficient (Wildman–Crippen LogP) is 3.18. The van der Waals surface area contributed by atoms with E-state index in [4.69, 9.17) is 21.1 Å². The summed E-state index contributed by atoms with van der Waals surface area (Å²) in [6, 6.07) is 6.83. The fourth-order valence-corrected chi connectivity index (χ4v) is 2.15. The third kappa shape index (κ3) is 3.08. The van der Waals surface area contributed by atoms with Crippen LogP contribution in [0.25, 0.3) is 0 Å². The Balaban J connectivity index is 2.29. The van der Waals surface area contributed by atoms with Crippen molar-refractivity contribution in [2.75, 3.05) is 14.2 Å². The van der Waals surface area contributed by atoms with Crippen LogP contribution in [0, 0.1) is 0 Å². The predicted molar refractivity (Wildman–Crippen MR) is 76.8 cm³/mol. The molecule has 104 valence electrons. The first-order chi connectivity index (χ1) is 9.65. The molecule has 1 aromatic carbocycles. The molecule has 0 N–H and O–H groups in total. The van der Waals surface area contributed by atoms with Gasteiger partial charge in [-0.05, 0) is 29.8 Å². The van der Waals surface area contributed by atoms with Gasteiger partial charge in [-0.2, -0.15) is 0 Å². The molecule has 0 radical (unpaired) electrons. The Morgan fingerprint density at radius 2 is 1.90 bits per heavy atom. The Labute approximate surface area is 122 Å². The highest BCUT2D eigenvalue weighted by molar-refractivity contribution is 6.32. The van der Waals surface area contributed by atoms with Gasteiger partial charge in [-0.1, -0.05) is 11.6 Å². The van der Waals surface area contributed by atoms with Gasteiger partial charge in [0.05, 0.1) is 19.2 Å². The van der Waals surface area contributed by atoms with E-state index in [1.54, 1.807) is 36.7 Å². The lowest BCUT2D eigenvalue weighted by Crippen LogP contribution is -2.05. The molecule has 20 heavy (non-hydrogen) atoms. The van der Waals surface area contributed by atoms with Crippen molar-refractivity contribution in [3.8, 4) is 11.5 Å². The number of halogens is 1. The van der Waals surface area contributed by atoms with E-state index in [-0.39, 0.29) is 12.2 Å². The number of benzene rings is 1. The van der Waals surface area contributed by atoms with E-state index in [2.05, 4.69) is 4.98 Å². The summed E-state index contributed by atoms with van der Waals surface area (Å²) in [6.07, 6.45) is 3.60. The van der Waals surface area contributed by atoms with Crippen molar-refractivity contribution in [3.05, 3.63) is 52.8 Å². The number of hydrogen-bond acceptors (Lipinski definition) is 4. The maximum atomic E-state index is 12.3. The first-order valence-electron chi connectivity index (χ1n) is 5.99. The highest BCUT2D eigenvalue weighted by Gasteiger charge is 2.15. The van der Waals surface area contributed by atoms with Gasteiger partial charge in [0.15, 0.2) is 17.3 Å². The van der Waals surface area contributed by atoms with E-state index >= 15 is 0 Å². The van der Waals surface area contributed by atoms with Crippen molar-refractivity contribution < 1.29 is 14.3 Å². The summed E-state index contributed by atoms with van der Waals surface area (Å²) in [6.45, 7) is 0. The summed E-state index contributed by atoms with van der Waals surface area (Å²) in [7, 11) is 3.01. The summed E-state index contributed by atoms with van der Waals surface area (Å²) >= 11 is 6.09. The number of hydrogen-bond donors (Lipinski definition) is 0. The third-order valence-corrected chi connectivity index (χ3v) is 3.15. The topological polar surface area (TPSA) is 48.4 Å². The molecule has 1 heterocycles. The molecule has 0 saturated carbocycles. The standard InChI is InChI=1S/C15H14ClNO3/c1-19-14-9-11(8-12(16)15(14)20-2)13(18)7-10-3-5-17-6-4-10/h3-6,8-9H,7H2,1-2H3. The number of ether oxygens (including phenoxy) is 2. The number of carbonyl (C=O) groups is 1. The molecule has 0 fully saturated rings. The second-order valence-corrected chi connectivity index (χ2v) is 4.56. The summed E-state index contributed by atoms with van der Waals surface area (Å²) < 4.78 is 10.3. The van der Waals surface area contributed by atoms with Crippen molar-refractivity contribution >= 4 is 17.4 Å². The van der Waals surface area contributed by atoms with E-state index in [1.807, 2.05) is 0 Å². The lowest BCUT2D eigenvalue weighted by Gasteiger charge is -2.11. The van der Waals surface area contributed by atoms with Gasteiger partial charge in [-0.15, -0.1) is 0 Å². The molecule has 0 amide bonds. The van der Waals surface area contributed by atoms with Gasteiger partial charge in [-0.25, -0.2) is 0 Å². The van der Waals surface area contributed by atoms with Crippen LogP contribution in [0.2, 0.25) is 5.02 Å². The zero-order valence-electron chi connectivity index (χ0n) is 11.2. The molecule has 5 heteroatoms. The fourth-order valence-electron chi connectivity index (χ4n) is 1.87. The molecular weight excluding hydrogens is 278 g/mol. The molecule has 0 aliphatic carbocycles. The monoisotopic (exact) mass is 291 g/mol. The molecule has 0 bridgehead atoms. The fraction of sp³-hybridized carbons (Fsp3) is 0.200. The molecule has 2 aromatic rings. The quantitative estimate of drug-likeness (QED) is 0.794. The summed E-state index contributed by atoms with van der Waals surface area (Å²) in [5.41, 5.74) is 1.39. The Morgan fingerprint density at radius 1 is 1.20 bits per heavy atom. The lowest BCUT2D eigenvalue weighted by atomic mass is 10.0. The van der Waals surface area contributed by atoms with Crippen LogP contribution in [-0.4, -0.2) is 25.0 Å². The normalized spacial score (nSPS) is 10.2. The Kier molecular flexibility index (Phi) is 4.58. The van der Waals surface area contributed by atoms with Gasteiger partial charge in [0.2, 0.25) is 0 Å². The lowest BCUT2D eigenvalue weighted by molar-refractivity contribution is 0.0992. The molecule has 0 aliphatic rings. The SMILES string of the molecule is COc1cc(C(=O)Cc2ccncc2)cc(Cl)c1OC. The van der Waals surface area contributed by atoms with Gasteiger partial charge >= 0.3 is 0 Å². The average molecular weight is 292 g/mol.